The van der Waals surface area contributed by atoms with Crippen LogP contribution in [0.3, 0.4) is 0 Å². The molecular formula is C12H15BrClNS. The minimum Gasteiger partial charge on any atom is -0.381 e. The number of hydrogen-bond acceptors (Lipinski definition) is 2. The first-order valence-electron chi connectivity index (χ1n) is 5.50. The zero-order valence-corrected chi connectivity index (χ0v) is 12.3. The molecule has 0 spiro atoms. The second-order valence-electron chi connectivity index (χ2n) is 4.10. The third kappa shape index (κ3) is 3.08. The van der Waals surface area contributed by atoms with Crippen LogP contribution in [0.5, 0.6) is 0 Å². The summed E-state index contributed by atoms with van der Waals surface area (Å²) in [7, 11) is 0. The van der Waals surface area contributed by atoms with Gasteiger partial charge in [-0.3, -0.25) is 0 Å². The van der Waals surface area contributed by atoms with Crippen LogP contribution in [-0.2, 0) is 0 Å². The van der Waals surface area contributed by atoms with Crippen molar-refractivity contribution < 1.29 is 0 Å². The van der Waals surface area contributed by atoms with E-state index in [0.717, 1.165) is 15.2 Å². The van der Waals surface area contributed by atoms with Crippen molar-refractivity contribution in [2.75, 3.05) is 11.1 Å². The SMILES string of the molecule is CC1SCCCC1Nc1ccc(Br)c(Cl)c1. The summed E-state index contributed by atoms with van der Waals surface area (Å²) >= 11 is 11.5. The van der Waals surface area contributed by atoms with E-state index in [0.29, 0.717) is 11.3 Å². The monoisotopic (exact) mass is 319 g/mol. The smallest absolute Gasteiger partial charge is 0.0568 e. The van der Waals surface area contributed by atoms with Crippen molar-refractivity contribution in [2.45, 2.75) is 31.1 Å². The molecule has 88 valence electrons. The van der Waals surface area contributed by atoms with Crippen molar-refractivity contribution in [1.82, 2.24) is 0 Å². The Kier molecular flexibility index (Phi) is 4.45. The number of rotatable bonds is 2. The van der Waals surface area contributed by atoms with Gasteiger partial charge >= 0.3 is 0 Å². The van der Waals surface area contributed by atoms with Gasteiger partial charge in [-0.1, -0.05) is 18.5 Å². The van der Waals surface area contributed by atoms with Crippen LogP contribution in [0.15, 0.2) is 22.7 Å². The first kappa shape index (κ1) is 12.6. The van der Waals surface area contributed by atoms with Gasteiger partial charge in [0.25, 0.3) is 0 Å². The van der Waals surface area contributed by atoms with Crippen molar-refractivity contribution >= 4 is 45.0 Å². The lowest BCUT2D eigenvalue weighted by Gasteiger charge is -2.30. The third-order valence-corrected chi connectivity index (χ3v) is 5.49. The number of hydrogen-bond donors (Lipinski definition) is 1. The highest BCUT2D eigenvalue weighted by atomic mass is 79.9. The van der Waals surface area contributed by atoms with Crippen LogP contribution in [0, 0.1) is 0 Å². The maximum absolute atomic E-state index is 6.08. The lowest BCUT2D eigenvalue weighted by atomic mass is 10.1. The molecule has 0 bridgehead atoms. The molecule has 1 N–H and O–H groups in total. The van der Waals surface area contributed by atoms with Gasteiger partial charge in [-0.2, -0.15) is 11.8 Å². The molecule has 1 aliphatic heterocycles. The highest BCUT2D eigenvalue weighted by Crippen LogP contribution is 2.30. The van der Waals surface area contributed by atoms with Gasteiger partial charge in [0.15, 0.2) is 0 Å². The Bertz CT molecular complexity index is 372. The largest absolute Gasteiger partial charge is 0.381 e. The van der Waals surface area contributed by atoms with E-state index in [1.807, 2.05) is 23.9 Å². The van der Waals surface area contributed by atoms with Crippen LogP contribution in [0.1, 0.15) is 19.8 Å². The van der Waals surface area contributed by atoms with Crippen LogP contribution >= 0.6 is 39.3 Å². The van der Waals surface area contributed by atoms with Crippen LogP contribution in [0.2, 0.25) is 5.02 Å². The molecule has 2 rings (SSSR count). The topological polar surface area (TPSA) is 12.0 Å². The summed E-state index contributed by atoms with van der Waals surface area (Å²) in [4.78, 5) is 0. The molecule has 1 saturated heterocycles. The molecule has 0 radical (unpaired) electrons. The van der Waals surface area contributed by atoms with E-state index in [2.05, 4.69) is 34.2 Å². The zero-order valence-electron chi connectivity index (χ0n) is 9.17. The summed E-state index contributed by atoms with van der Waals surface area (Å²) in [6.45, 7) is 2.29. The number of benzene rings is 1. The van der Waals surface area contributed by atoms with Crippen molar-refractivity contribution in [3.8, 4) is 0 Å². The molecule has 0 aliphatic carbocycles. The van der Waals surface area contributed by atoms with Gasteiger partial charge in [-0.05, 0) is 52.7 Å². The molecule has 2 unspecified atom stereocenters. The van der Waals surface area contributed by atoms with Crippen LogP contribution in [0.25, 0.3) is 0 Å². The molecular weight excluding hydrogens is 306 g/mol. The van der Waals surface area contributed by atoms with Crippen LogP contribution in [-0.4, -0.2) is 17.0 Å². The Hall–Kier alpha value is 0.140. The molecule has 2 atom stereocenters. The minimum atomic E-state index is 0.566. The Morgan fingerprint density at radius 1 is 1.50 bits per heavy atom. The van der Waals surface area contributed by atoms with E-state index >= 15 is 0 Å². The quantitative estimate of drug-likeness (QED) is 0.840. The number of halogens is 2. The molecule has 1 heterocycles. The van der Waals surface area contributed by atoms with Crippen LogP contribution in [0.4, 0.5) is 5.69 Å². The molecule has 4 heteroatoms. The fourth-order valence-corrected chi connectivity index (χ4v) is 3.48. The third-order valence-electron chi connectivity index (χ3n) is 2.88. The van der Waals surface area contributed by atoms with Crippen LogP contribution < -0.4 is 5.32 Å². The van der Waals surface area contributed by atoms with Gasteiger partial charge in [-0.25, -0.2) is 0 Å². The number of nitrogens with one attached hydrogen (secondary N) is 1. The molecule has 1 nitrogen and oxygen atoms in total. The highest BCUT2D eigenvalue weighted by Gasteiger charge is 2.21. The van der Waals surface area contributed by atoms with Crippen molar-refractivity contribution in [1.29, 1.82) is 0 Å². The Morgan fingerprint density at radius 2 is 2.31 bits per heavy atom. The summed E-state index contributed by atoms with van der Waals surface area (Å²) in [6.07, 6.45) is 2.55. The summed E-state index contributed by atoms with van der Waals surface area (Å²) < 4.78 is 0.950. The maximum Gasteiger partial charge on any atom is 0.0568 e. The van der Waals surface area contributed by atoms with Gasteiger partial charge in [-0.15, -0.1) is 0 Å². The molecule has 0 saturated carbocycles. The highest BCUT2D eigenvalue weighted by molar-refractivity contribution is 9.10. The normalized spacial score (nSPS) is 25.4. The Balaban J connectivity index is 2.05. The molecule has 1 fully saturated rings. The van der Waals surface area contributed by atoms with Crippen molar-refractivity contribution in [3.63, 3.8) is 0 Å². The maximum atomic E-state index is 6.08. The first-order valence-corrected chi connectivity index (χ1v) is 7.72. The Morgan fingerprint density at radius 3 is 3.00 bits per heavy atom. The summed E-state index contributed by atoms with van der Waals surface area (Å²) in [5, 5.41) is 5.01. The standard InChI is InChI=1S/C12H15BrClNS/c1-8-12(3-2-6-16-8)15-9-4-5-10(13)11(14)7-9/h4-5,7-8,12,15H,2-3,6H2,1H3. The first-order chi connectivity index (χ1) is 7.66. The molecule has 1 aromatic rings. The van der Waals surface area contributed by atoms with Gasteiger partial charge in [0.1, 0.15) is 0 Å². The van der Waals surface area contributed by atoms with Crippen molar-refractivity contribution in [3.05, 3.63) is 27.7 Å². The van der Waals surface area contributed by atoms with E-state index in [1.165, 1.54) is 18.6 Å². The minimum absolute atomic E-state index is 0.566. The molecule has 0 aromatic heterocycles. The average molecular weight is 321 g/mol. The fourth-order valence-electron chi connectivity index (χ4n) is 1.91. The van der Waals surface area contributed by atoms with E-state index in [1.54, 1.807) is 0 Å². The lowest BCUT2D eigenvalue weighted by molar-refractivity contribution is 0.617. The summed E-state index contributed by atoms with van der Waals surface area (Å²) in [5.41, 5.74) is 1.12. The number of anilines is 1. The fraction of sp³-hybridized carbons (Fsp3) is 0.500. The molecule has 1 aromatic carbocycles. The van der Waals surface area contributed by atoms with Gasteiger partial charge in [0.05, 0.1) is 5.02 Å². The molecule has 1 aliphatic rings. The van der Waals surface area contributed by atoms with E-state index in [9.17, 15) is 0 Å². The van der Waals surface area contributed by atoms with E-state index in [4.69, 9.17) is 11.6 Å². The second kappa shape index (κ2) is 5.65. The van der Waals surface area contributed by atoms with Gasteiger partial charge in [0, 0.05) is 21.5 Å². The molecule has 16 heavy (non-hydrogen) atoms. The van der Waals surface area contributed by atoms with Gasteiger partial charge < -0.3 is 5.32 Å². The summed E-state index contributed by atoms with van der Waals surface area (Å²) in [6, 6.07) is 6.61. The van der Waals surface area contributed by atoms with E-state index < -0.39 is 0 Å². The predicted molar refractivity (Wildman–Crippen MR) is 77.7 cm³/mol. The average Bonchev–Trinajstić information content (AvgIpc) is 2.27. The van der Waals surface area contributed by atoms with Gasteiger partial charge in [0.2, 0.25) is 0 Å². The van der Waals surface area contributed by atoms with Crippen molar-refractivity contribution in [2.24, 2.45) is 0 Å². The Labute approximate surface area is 114 Å². The molecule has 0 amide bonds. The zero-order chi connectivity index (χ0) is 11.5. The van der Waals surface area contributed by atoms with E-state index in [-0.39, 0.29) is 0 Å². The second-order valence-corrected chi connectivity index (χ2v) is 6.84. The lowest BCUT2D eigenvalue weighted by Crippen LogP contribution is -2.32. The predicted octanol–water partition coefficient (Wildman–Crippen LogP) is 4.80. The number of thioether (sulfide) groups is 1. The summed E-state index contributed by atoms with van der Waals surface area (Å²) in [5.74, 6) is 1.29.